The first-order valence-electron chi connectivity index (χ1n) is 4.68. The predicted octanol–water partition coefficient (Wildman–Crippen LogP) is 0.529. The number of likely N-dealkylation sites (N-methyl/N-ethyl adjacent to an activating group) is 1. The van der Waals surface area contributed by atoms with E-state index in [2.05, 4.69) is 42.4 Å². The van der Waals surface area contributed by atoms with E-state index in [-0.39, 0.29) is 11.8 Å². The van der Waals surface area contributed by atoms with Gasteiger partial charge in [0.25, 0.3) is 0 Å². The summed E-state index contributed by atoms with van der Waals surface area (Å²) in [6.45, 7) is 2.74. The fourth-order valence-corrected chi connectivity index (χ4v) is 1.59. The zero-order valence-corrected chi connectivity index (χ0v) is 10.8. The van der Waals surface area contributed by atoms with Gasteiger partial charge in [-0.3, -0.25) is 4.79 Å². The van der Waals surface area contributed by atoms with Crippen LogP contribution in [0.1, 0.15) is 6.92 Å². The third-order valence-corrected chi connectivity index (χ3v) is 3.15. The molecule has 0 aromatic rings. The van der Waals surface area contributed by atoms with Crippen LogP contribution < -0.4 is 5.32 Å². The molecule has 0 rings (SSSR count). The fraction of sp³-hybridized carbons (Fsp3) is 0.889. The van der Waals surface area contributed by atoms with Crippen LogP contribution in [0.4, 0.5) is 0 Å². The second-order valence-corrected chi connectivity index (χ2v) is 4.35. The highest BCUT2D eigenvalue weighted by Gasteiger charge is 2.15. The largest absolute Gasteiger partial charge is 0.354 e. The van der Waals surface area contributed by atoms with Gasteiger partial charge in [-0.15, -0.1) is 0 Å². The molecule has 1 unspecified atom stereocenters. The highest BCUT2D eigenvalue weighted by molar-refractivity contribution is 7.81. The Morgan fingerprint density at radius 1 is 1.36 bits per heavy atom. The standard InChI is InChI=1S/C9H20N2OS2/c1-7(11(2)3)4-10-9(12)8(5-13)6-14/h7-8,13-14H,4-6H2,1-3H3,(H,10,12). The zero-order valence-electron chi connectivity index (χ0n) is 9.03. The van der Waals surface area contributed by atoms with Crippen molar-refractivity contribution in [3.05, 3.63) is 0 Å². The first-order chi connectivity index (χ1) is 6.52. The van der Waals surface area contributed by atoms with Gasteiger partial charge in [0.15, 0.2) is 0 Å². The average Bonchev–Trinajstić information content (AvgIpc) is 2.15. The molecular formula is C9H20N2OS2. The molecule has 0 aliphatic rings. The van der Waals surface area contributed by atoms with E-state index in [1.165, 1.54) is 0 Å². The maximum Gasteiger partial charge on any atom is 0.224 e. The number of carbonyl (C=O) groups excluding carboxylic acids is 1. The van der Waals surface area contributed by atoms with Gasteiger partial charge in [0.05, 0.1) is 5.92 Å². The Morgan fingerprint density at radius 2 is 1.86 bits per heavy atom. The van der Waals surface area contributed by atoms with Gasteiger partial charge in [0.2, 0.25) is 5.91 Å². The SMILES string of the molecule is CC(CNC(=O)C(CS)CS)N(C)C. The van der Waals surface area contributed by atoms with Crippen LogP contribution in [0.15, 0.2) is 0 Å². The topological polar surface area (TPSA) is 32.3 Å². The van der Waals surface area contributed by atoms with Crippen molar-refractivity contribution in [3.8, 4) is 0 Å². The van der Waals surface area contributed by atoms with Crippen LogP contribution >= 0.6 is 25.3 Å². The molecule has 0 aliphatic carbocycles. The minimum atomic E-state index is -0.0870. The average molecular weight is 236 g/mol. The van der Waals surface area contributed by atoms with Crippen LogP contribution in [-0.2, 0) is 4.79 Å². The Bertz CT molecular complexity index is 172. The van der Waals surface area contributed by atoms with Gasteiger partial charge >= 0.3 is 0 Å². The van der Waals surface area contributed by atoms with Crippen LogP contribution in [0, 0.1) is 5.92 Å². The summed E-state index contributed by atoms with van der Waals surface area (Å²) in [5.74, 6) is 1.05. The van der Waals surface area contributed by atoms with E-state index in [4.69, 9.17) is 0 Å². The Balaban J connectivity index is 3.83. The first-order valence-corrected chi connectivity index (χ1v) is 5.95. The quantitative estimate of drug-likeness (QED) is 0.588. The van der Waals surface area contributed by atoms with Gasteiger partial charge < -0.3 is 10.2 Å². The predicted molar refractivity (Wildman–Crippen MR) is 67.4 cm³/mol. The molecule has 1 N–H and O–H groups in total. The Hall–Kier alpha value is 0.130. The Labute approximate surface area is 97.4 Å². The van der Waals surface area contributed by atoms with Crippen molar-refractivity contribution in [1.29, 1.82) is 0 Å². The molecule has 0 fully saturated rings. The fourth-order valence-electron chi connectivity index (χ4n) is 0.799. The number of amides is 1. The molecule has 0 saturated carbocycles. The molecule has 0 aliphatic heterocycles. The zero-order chi connectivity index (χ0) is 11.1. The van der Waals surface area contributed by atoms with Crippen molar-refractivity contribution in [2.45, 2.75) is 13.0 Å². The highest BCUT2D eigenvalue weighted by atomic mass is 32.1. The third-order valence-electron chi connectivity index (χ3n) is 2.26. The van der Waals surface area contributed by atoms with E-state index in [1.807, 2.05) is 14.1 Å². The van der Waals surface area contributed by atoms with Gasteiger partial charge in [0.1, 0.15) is 0 Å². The van der Waals surface area contributed by atoms with Crippen molar-refractivity contribution in [1.82, 2.24) is 10.2 Å². The molecule has 0 aromatic heterocycles. The van der Waals surface area contributed by atoms with Crippen molar-refractivity contribution in [2.24, 2.45) is 5.92 Å². The molecule has 0 saturated heterocycles. The third kappa shape index (κ3) is 5.12. The summed E-state index contributed by atoms with van der Waals surface area (Å²) in [5, 5.41) is 2.89. The number of hydrogen-bond acceptors (Lipinski definition) is 4. The smallest absolute Gasteiger partial charge is 0.224 e. The minimum Gasteiger partial charge on any atom is -0.354 e. The number of hydrogen-bond donors (Lipinski definition) is 3. The van der Waals surface area contributed by atoms with E-state index >= 15 is 0 Å². The summed E-state index contributed by atoms with van der Waals surface area (Å²) in [4.78, 5) is 13.6. The van der Waals surface area contributed by atoms with E-state index in [0.29, 0.717) is 24.1 Å². The molecule has 1 amide bonds. The Kier molecular flexibility index (Phi) is 7.49. The van der Waals surface area contributed by atoms with Gasteiger partial charge in [-0.1, -0.05) is 0 Å². The summed E-state index contributed by atoms with van der Waals surface area (Å²) in [7, 11) is 3.98. The molecule has 1 atom stereocenters. The van der Waals surface area contributed by atoms with Crippen molar-refractivity contribution in [3.63, 3.8) is 0 Å². The monoisotopic (exact) mass is 236 g/mol. The summed E-state index contributed by atoms with van der Waals surface area (Å²) < 4.78 is 0. The summed E-state index contributed by atoms with van der Waals surface area (Å²) in [6, 6.07) is 0.347. The van der Waals surface area contributed by atoms with Crippen LogP contribution in [-0.4, -0.2) is 49.0 Å². The maximum atomic E-state index is 11.5. The summed E-state index contributed by atoms with van der Waals surface area (Å²) in [6.07, 6.45) is 0. The lowest BCUT2D eigenvalue weighted by Crippen LogP contribution is -2.41. The second kappa shape index (κ2) is 7.43. The molecule has 3 nitrogen and oxygen atoms in total. The van der Waals surface area contributed by atoms with Gasteiger partial charge in [-0.05, 0) is 21.0 Å². The van der Waals surface area contributed by atoms with Crippen LogP contribution in [0.5, 0.6) is 0 Å². The second-order valence-electron chi connectivity index (χ2n) is 3.62. The number of nitrogens with zero attached hydrogens (tertiary/aromatic N) is 1. The van der Waals surface area contributed by atoms with Crippen molar-refractivity contribution >= 4 is 31.2 Å². The lowest BCUT2D eigenvalue weighted by atomic mass is 10.2. The number of thiol groups is 2. The van der Waals surface area contributed by atoms with Gasteiger partial charge in [0, 0.05) is 24.1 Å². The highest BCUT2D eigenvalue weighted by Crippen LogP contribution is 2.02. The van der Waals surface area contributed by atoms with E-state index < -0.39 is 0 Å². The number of nitrogens with one attached hydrogen (secondary N) is 1. The van der Waals surface area contributed by atoms with Crippen molar-refractivity contribution < 1.29 is 4.79 Å². The normalized spacial score (nSPS) is 13.4. The van der Waals surface area contributed by atoms with E-state index in [1.54, 1.807) is 0 Å². The Morgan fingerprint density at radius 3 is 2.21 bits per heavy atom. The summed E-state index contributed by atoms with van der Waals surface area (Å²) >= 11 is 8.20. The molecular weight excluding hydrogens is 216 g/mol. The van der Waals surface area contributed by atoms with Gasteiger partial charge in [-0.2, -0.15) is 25.3 Å². The number of carbonyl (C=O) groups is 1. The van der Waals surface area contributed by atoms with Crippen LogP contribution in [0.2, 0.25) is 0 Å². The van der Waals surface area contributed by atoms with E-state index in [9.17, 15) is 4.79 Å². The number of rotatable bonds is 6. The lowest BCUT2D eigenvalue weighted by molar-refractivity contribution is -0.123. The molecule has 0 spiro atoms. The van der Waals surface area contributed by atoms with Crippen LogP contribution in [0.25, 0.3) is 0 Å². The summed E-state index contributed by atoms with van der Waals surface area (Å²) in [5.41, 5.74) is 0. The lowest BCUT2D eigenvalue weighted by Gasteiger charge is -2.21. The van der Waals surface area contributed by atoms with Crippen LogP contribution in [0.3, 0.4) is 0 Å². The molecule has 0 radical (unpaired) electrons. The molecule has 14 heavy (non-hydrogen) atoms. The van der Waals surface area contributed by atoms with E-state index in [0.717, 1.165) is 0 Å². The molecule has 84 valence electrons. The first kappa shape index (κ1) is 14.1. The molecule has 0 aromatic carbocycles. The van der Waals surface area contributed by atoms with Gasteiger partial charge in [-0.25, -0.2) is 0 Å². The molecule has 5 heteroatoms. The van der Waals surface area contributed by atoms with Crippen molar-refractivity contribution in [2.75, 3.05) is 32.1 Å². The maximum absolute atomic E-state index is 11.5. The molecule has 0 bridgehead atoms. The minimum absolute atomic E-state index is 0.0451. The molecule has 0 heterocycles.